The van der Waals surface area contributed by atoms with Gasteiger partial charge in [-0.2, -0.15) is 0 Å². The van der Waals surface area contributed by atoms with Crippen molar-refractivity contribution in [1.29, 1.82) is 0 Å². The number of hydrogen-bond acceptors (Lipinski definition) is 8. The highest BCUT2D eigenvalue weighted by Crippen LogP contribution is 2.33. The van der Waals surface area contributed by atoms with E-state index >= 15 is 0 Å². The van der Waals surface area contributed by atoms with Crippen molar-refractivity contribution in [1.82, 2.24) is 9.88 Å². The van der Waals surface area contributed by atoms with Crippen LogP contribution in [-0.4, -0.2) is 89.0 Å². The molecule has 1 aliphatic heterocycles. The predicted octanol–water partition coefficient (Wildman–Crippen LogP) is 3.95. The van der Waals surface area contributed by atoms with Crippen molar-refractivity contribution < 1.29 is 27.3 Å². The number of nitrogens with zero attached hydrogens (tertiary/aromatic N) is 1. The van der Waals surface area contributed by atoms with Crippen LogP contribution in [0.15, 0.2) is 0 Å². The molecule has 8 nitrogen and oxygen atoms in total. The Labute approximate surface area is 209 Å². The molecule has 1 aliphatic rings. The number of rotatable bonds is 7. The van der Waals surface area contributed by atoms with Gasteiger partial charge in [0, 0.05) is 38.5 Å². The number of hydrogen-bond donors (Lipinski definition) is 2. The van der Waals surface area contributed by atoms with Gasteiger partial charge >= 0.3 is 25.1 Å². The normalized spacial score (nSPS) is 14.8. The van der Waals surface area contributed by atoms with Crippen molar-refractivity contribution in [3.8, 4) is 0 Å². The van der Waals surface area contributed by atoms with Gasteiger partial charge in [0.1, 0.15) is 0 Å². The van der Waals surface area contributed by atoms with E-state index in [0.717, 1.165) is 38.7 Å². The second-order valence-corrected chi connectivity index (χ2v) is 21.3. The smallest absolute Gasteiger partial charge is 0.400 e. The molecule has 0 radical (unpaired) electrons. The molecular formula is C21H54N2O6Si4. The van der Waals surface area contributed by atoms with Crippen LogP contribution >= 0.6 is 0 Å². The van der Waals surface area contributed by atoms with Gasteiger partial charge in [-0.05, 0) is 93.2 Å². The Morgan fingerprint density at radius 1 is 0.939 bits per heavy atom. The summed E-state index contributed by atoms with van der Waals surface area (Å²) in [6, 6.07) is 1.98. The van der Waals surface area contributed by atoms with Crippen LogP contribution in [0, 0.1) is 0 Å². The predicted molar refractivity (Wildman–Crippen MR) is 145 cm³/mol. The molecule has 0 aromatic rings. The summed E-state index contributed by atoms with van der Waals surface area (Å²) in [5, 5.41) is 10.4. The summed E-state index contributed by atoms with van der Waals surface area (Å²) in [6.45, 7) is 20.0. The Morgan fingerprint density at radius 3 is 1.61 bits per heavy atom. The van der Waals surface area contributed by atoms with Gasteiger partial charge in [-0.15, -0.1) is 0 Å². The minimum Gasteiger partial charge on any atom is -0.400 e. The van der Waals surface area contributed by atoms with E-state index < -0.39 is 33.8 Å². The van der Waals surface area contributed by atoms with E-state index in [1.165, 1.54) is 19.5 Å². The zero-order valence-electron chi connectivity index (χ0n) is 22.7. The lowest BCUT2D eigenvalue weighted by Crippen LogP contribution is -2.60. The highest BCUT2D eigenvalue weighted by atomic mass is 29.2. The lowest BCUT2D eigenvalue weighted by atomic mass is 10.1. The second kappa shape index (κ2) is 20.3. The summed E-state index contributed by atoms with van der Waals surface area (Å²) in [7, 11) is -2.01. The molecule has 2 N–H and O–H groups in total. The molecule has 1 fully saturated rings. The Kier molecular flexibility index (Phi) is 24.7. The first kappa shape index (κ1) is 40.2. The Hall–Kier alpha value is 0.0675. The maximum absolute atomic E-state index is 10.7. The van der Waals surface area contributed by atoms with Crippen LogP contribution in [0.1, 0.15) is 61.8 Å². The summed E-state index contributed by atoms with van der Waals surface area (Å²) in [4.78, 5) is 0. The van der Waals surface area contributed by atoms with Crippen LogP contribution in [0.5, 0.6) is 0 Å². The van der Waals surface area contributed by atoms with Gasteiger partial charge in [0.2, 0.25) is 0 Å². The maximum Gasteiger partial charge on any atom is 0.427 e. The first-order chi connectivity index (χ1) is 14.5. The molecule has 1 rings (SSSR count). The molecule has 33 heavy (non-hydrogen) atoms. The summed E-state index contributed by atoms with van der Waals surface area (Å²) < 4.78 is 44.5. The van der Waals surface area contributed by atoms with Gasteiger partial charge < -0.3 is 32.7 Å². The highest BCUT2D eigenvalue weighted by Gasteiger charge is 2.51. The number of aliphatic hydroxyl groups excluding tert-OH is 1. The largest absolute Gasteiger partial charge is 0.427 e. The van der Waals surface area contributed by atoms with Crippen molar-refractivity contribution in [2.24, 2.45) is 0 Å². The summed E-state index contributed by atoms with van der Waals surface area (Å²) in [5.74, 6) is 0. The first-order valence-electron chi connectivity index (χ1n) is 11.1. The molecule has 0 saturated carbocycles. The fourth-order valence-electron chi connectivity index (χ4n) is 2.92. The third-order valence-corrected chi connectivity index (χ3v) is 13.6. The molecule has 12 heteroatoms. The molecule has 1 saturated heterocycles. The van der Waals surface area contributed by atoms with E-state index in [4.69, 9.17) is 14.0 Å². The van der Waals surface area contributed by atoms with Gasteiger partial charge in [0.15, 0.2) is 0 Å². The average molecular weight is 543 g/mol. The molecule has 0 atom stereocenters. The molecule has 0 amide bonds. The Bertz CT molecular complexity index is 536. The quantitative estimate of drug-likeness (QED) is 0.368. The van der Waals surface area contributed by atoms with Crippen molar-refractivity contribution in [2.45, 2.75) is 105 Å². The lowest BCUT2D eigenvalue weighted by Gasteiger charge is -2.41. The summed E-state index contributed by atoms with van der Waals surface area (Å²) >= 11 is 0. The van der Waals surface area contributed by atoms with Gasteiger partial charge in [0.25, 0.3) is 8.68 Å². The van der Waals surface area contributed by atoms with Crippen LogP contribution in [-0.2, 0) is 22.2 Å². The third-order valence-electron chi connectivity index (χ3n) is 4.59. The van der Waals surface area contributed by atoms with E-state index in [2.05, 4.69) is 51.4 Å². The zero-order chi connectivity index (χ0) is 26.2. The van der Waals surface area contributed by atoms with Crippen LogP contribution < -0.4 is 5.32 Å². The first-order valence-corrected chi connectivity index (χ1v) is 20.0. The minimum absolute atomic E-state index is 0. The molecule has 200 valence electrons. The lowest BCUT2D eigenvalue weighted by molar-refractivity contribution is 0.130. The monoisotopic (exact) mass is 542 g/mol. The third kappa shape index (κ3) is 21.1. The Balaban J connectivity index is -0.000000192. The summed E-state index contributed by atoms with van der Waals surface area (Å²) in [6.07, 6.45) is 2.23. The van der Waals surface area contributed by atoms with Crippen molar-refractivity contribution in [3.05, 3.63) is 0 Å². The van der Waals surface area contributed by atoms with Gasteiger partial charge in [-0.3, -0.25) is 4.57 Å². The summed E-state index contributed by atoms with van der Waals surface area (Å²) in [5.41, 5.74) is 0.359. The fourth-order valence-corrected chi connectivity index (χ4v) is 7.01. The molecule has 0 bridgehead atoms. The molecule has 0 spiro atoms. The molecular weight excluding hydrogens is 489 g/mol. The topological polar surface area (TPSA) is 105 Å². The van der Waals surface area contributed by atoms with E-state index in [9.17, 15) is 13.4 Å². The van der Waals surface area contributed by atoms with E-state index in [0.29, 0.717) is 0 Å². The van der Waals surface area contributed by atoms with E-state index in [-0.39, 0.29) is 18.5 Å². The zero-order valence-corrected chi connectivity index (χ0v) is 26.7. The standard InChI is InChI=1S/C9H21NO2Si.C8H19NOSi.C2H6O2Si2.CH4O.CH4/c1-9(2,3)10-7-6-8-13(10,11-4)12-5;1-8(2,3)9-6-5-7-11(4)10;1-5(3)6(2)4;1-2;/h6-8H2,1-5H3;9H,5-7H2,1-4H3;1-2H3;2H,1H3;1H4. The van der Waals surface area contributed by atoms with Gasteiger partial charge in [-0.25, -0.2) is 0 Å². The molecule has 1 heterocycles. The number of nitrogens with one attached hydrogen (secondary N) is 1. The van der Waals surface area contributed by atoms with Crippen LogP contribution in [0.2, 0.25) is 31.7 Å². The second-order valence-electron chi connectivity index (χ2n) is 9.64. The molecule has 0 unspecified atom stereocenters. The van der Waals surface area contributed by atoms with E-state index in [1.807, 2.05) is 6.55 Å². The van der Waals surface area contributed by atoms with Crippen molar-refractivity contribution in [2.75, 3.05) is 34.4 Å². The van der Waals surface area contributed by atoms with E-state index in [1.54, 1.807) is 14.2 Å². The molecule has 0 aromatic heterocycles. The molecule has 0 aliphatic carbocycles. The van der Waals surface area contributed by atoms with Gasteiger partial charge in [0.05, 0.1) is 0 Å². The van der Waals surface area contributed by atoms with Crippen molar-refractivity contribution in [3.63, 3.8) is 0 Å². The number of aliphatic hydroxyl groups is 1. The van der Waals surface area contributed by atoms with Crippen molar-refractivity contribution >= 4 is 33.8 Å². The van der Waals surface area contributed by atoms with Crippen LogP contribution in [0.3, 0.4) is 0 Å². The Morgan fingerprint density at radius 2 is 1.36 bits per heavy atom. The minimum atomic E-state index is -2.01. The SMILES string of the molecule is C.CO.CO[Si]1(OC)CCCN1C(C)(C)C.C[Si](=O)CCCNC(C)(C)C.C[Si](=O)[Si](C)=O. The van der Waals surface area contributed by atoms with Crippen LogP contribution in [0.25, 0.3) is 0 Å². The van der Waals surface area contributed by atoms with Gasteiger partial charge in [-0.1, -0.05) is 7.43 Å². The molecule has 0 aromatic carbocycles. The van der Waals surface area contributed by atoms with Crippen LogP contribution in [0.4, 0.5) is 0 Å². The maximum atomic E-state index is 10.7. The average Bonchev–Trinajstić information content (AvgIpc) is 3.12. The fraction of sp³-hybridized carbons (Fsp3) is 1.00. The highest BCUT2D eigenvalue weighted by molar-refractivity contribution is 7.06.